The highest BCUT2D eigenvalue weighted by atomic mass is 79.9. The van der Waals surface area contributed by atoms with Crippen molar-refractivity contribution in [2.75, 3.05) is 5.32 Å². The molecular formula is C12H10BrFN2O3. The van der Waals surface area contributed by atoms with Crippen LogP contribution in [0.5, 0.6) is 0 Å². The lowest BCUT2D eigenvalue weighted by Gasteiger charge is -2.13. The summed E-state index contributed by atoms with van der Waals surface area (Å²) in [6, 6.07) is 5.35. The van der Waals surface area contributed by atoms with Gasteiger partial charge in [0.15, 0.2) is 0 Å². The van der Waals surface area contributed by atoms with E-state index in [0.717, 1.165) is 12.1 Å². The highest BCUT2D eigenvalue weighted by Crippen LogP contribution is 2.32. The van der Waals surface area contributed by atoms with E-state index in [0.29, 0.717) is 5.76 Å². The van der Waals surface area contributed by atoms with Crippen LogP contribution in [0.15, 0.2) is 39.4 Å². The summed E-state index contributed by atoms with van der Waals surface area (Å²) < 4.78 is 18.7. The molecule has 0 saturated carbocycles. The number of furan rings is 1. The number of rotatable bonds is 4. The number of hydrogen-bond acceptors (Lipinski definition) is 4. The Balaban J connectivity index is 2.33. The molecule has 2 rings (SSSR count). The molecule has 0 spiro atoms. The summed E-state index contributed by atoms with van der Waals surface area (Å²) >= 11 is 2.93. The Kier molecular flexibility index (Phi) is 3.84. The zero-order valence-corrected chi connectivity index (χ0v) is 11.5. The van der Waals surface area contributed by atoms with Crippen LogP contribution in [0.25, 0.3) is 0 Å². The van der Waals surface area contributed by atoms with Gasteiger partial charge in [0.2, 0.25) is 0 Å². The quantitative estimate of drug-likeness (QED) is 0.672. The van der Waals surface area contributed by atoms with Gasteiger partial charge in [-0.05, 0) is 35.0 Å². The van der Waals surface area contributed by atoms with Crippen LogP contribution in [0.3, 0.4) is 0 Å². The molecule has 0 amide bonds. The van der Waals surface area contributed by atoms with Crippen molar-refractivity contribution in [2.45, 2.75) is 13.0 Å². The molecule has 0 aliphatic rings. The fourth-order valence-electron chi connectivity index (χ4n) is 1.65. The molecule has 0 saturated heterocycles. The van der Waals surface area contributed by atoms with Crippen molar-refractivity contribution in [3.63, 3.8) is 0 Å². The summed E-state index contributed by atoms with van der Waals surface area (Å²) in [5, 5.41) is 13.8. The van der Waals surface area contributed by atoms with E-state index in [1.54, 1.807) is 19.1 Å². The Bertz CT molecular complexity index is 601. The van der Waals surface area contributed by atoms with Crippen LogP contribution in [-0.2, 0) is 0 Å². The lowest BCUT2D eigenvalue weighted by atomic mass is 10.2. The summed E-state index contributed by atoms with van der Waals surface area (Å²) in [6.45, 7) is 1.77. The molecule has 0 aliphatic carbocycles. The zero-order chi connectivity index (χ0) is 14.0. The number of nitro benzene ring substituents is 1. The molecule has 1 N–H and O–H groups in total. The number of nitrogens with one attached hydrogen (secondary N) is 1. The molecule has 0 radical (unpaired) electrons. The van der Waals surface area contributed by atoms with Gasteiger partial charge >= 0.3 is 0 Å². The molecule has 1 heterocycles. The largest absolute Gasteiger partial charge is 0.467 e. The van der Waals surface area contributed by atoms with E-state index in [1.807, 2.05) is 0 Å². The molecule has 5 nitrogen and oxygen atoms in total. The summed E-state index contributed by atoms with van der Waals surface area (Å²) in [6.07, 6.45) is 1.50. The van der Waals surface area contributed by atoms with Crippen molar-refractivity contribution in [3.05, 3.63) is 56.7 Å². The number of nitrogens with zero attached hydrogens (tertiary/aromatic N) is 1. The molecule has 2 aromatic rings. The fourth-order valence-corrected chi connectivity index (χ4v) is 1.98. The van der Waals surface area contributed by atoms with Crippen LogP contribution in [-0.4, -0.2) is 4.92 Å². The smallest absolute Gasteiger partial charge is 0.293 e. The van der Waals surface area contributed by atoms with Crippen LogP contribution >= 0.6 is 15.9 Å². The van der Waals surface area contributed by atoms with Crippen LogP contribution in [0, 0.1) is 15.9 Å². The maximum atomic E-state index is 13.5. The Hall–Kier alpha value is -1.89. The number of hydrogen-bond donors (Lipinski definition) is 1. The molecule has 100 valence electrons. The van der Waals surface area contributed by atoms with Gasteiger partial charge in [-0.25, -0.2) is 4.39 Å². The van der Waals surface area contributed by atoms with Crippen LogP contribution in [0.2, 0.25) is 0 Å². The summed E-state index contributed by atoms with van der Waals surface area (Å²) in [4.78, 5) is 10.4. The average molecular weight is 329 g/mol. The lowest BCUT2D eigenvalue weighted by molar-refractivity contribution is -0.384. The van der Waals surface area contributed by atoms with E-state index in [9.17, 15) is 14.5 Å². The SMILES string of the molecule is CC(Nc1cc(F)c(Br)cc1[N+](=O)[O-])c1ccco1. The van der Waals surface area contributed by atoms with Gasteiger partial charge in [0.05, 0.1) is 21.7 Å². The molecule has 19 heavy (non-hydrogen) atoms. The highest BCUT2D eigenvalue weighted by molar-refractivity contribution is 9.10. The van der Waals surface area contributed by atoms with Crippen molar-refractivity contribution >= 4 is 27.3 Å². The first kappa shape index (κ1) is 13.5. The van der Waals surface area contributed by atoms with Gasteiger partial charge in [0.1, 0.15) is 17.3 Å². The predicted octanol–water partition coefficient (Wildman–Crippen LogP) is 4.26. The van der Waals surface area contributed by atoms with E-state index in [2.05, 4.69) is 21.2 Å². The third-order valence-electron chi connectivity index (χ3n) is 2.58. The summed E-state index contributed by atoms with van der Waals surface area (Å²) in [5.41, 5.74) is -0.0960. The molecular weight excluding hydrogens is 319 g/mol. The standard InChI is InChI=1S/C12H10BrFN2O3/c1-7(12-3-2-4-19-12)15-10-6-9(14)8(13)5-11(10)16(17)18/h2-7,15H,1H3. The highest BCUT2D eigenvalue weighted by Gasteiger charge is 2.20. The third kappa shape index (κ3) is 2.93. The van der Waals surface area contributed by atoms with Crippen molar-refractivity contribution in [1.82, 2.24) is 0 Å². The minimum absolute atomic E-state index is 0.0513. The van der Waals surface area contributed by atoms with Crippen molar-refractivity contribution in [2.24, 2.45) is 0 Å². The monoisotopic (exact) mass is 328 g/mol. The van der Waals surface area contributed by atoms with E-state index in [1.165, 1.54) is 6.26 Å². The third-order valence-corrected chi connectivity index (χ3v) is 3.18. The van der Waals surface area contributed by atoms with Gasteiger partial charge in [-0.2, -0.15) is 0 Å². The second kappa shape index (κ2) is 5.40. The lowest BCUT2D eigenvalue weighted by Crippen LogP contribution is -2.08. The first-order valence-corrected chi connectivity index (χ1v) is 6.21. The molecule has 0 aliphatic heterocycles. The Morgan fingerprint density at radius 3 is 2.84 bits per heavy atom. The topological polar surface area (TPSA) is 68.3 Å². The molecule has 1 aromatic carbocycles. The van der Waals surface area contributed by atoms with Crippen molar-refractivity contribution in [1.29, 1.82) is 0 Å². The Morgan fingerprint density at radius 2 is 2.26 bits per heavy atom. The Labute approximate surface area is 116 Å². The van der Waals surface area contributed by atoms with Crippen LogP contribution in [0.1, 0.15) is 18.7 Å². The van der Waals surface area contributed by atoms with Crippen LogP contribution in [0.4, 0.5) is 15.8 Å². The van der Waals surface area contributed by atoms with Gasteiger partial charge < -0.3 is 9.73 Å². The van der Waals surface area contributed by atoms with E-state index in [4.69, 9.17) is 4.42 Å². The number of nitro groups is 1. The maximum absolute atomic E-state index is 13.5. The number of benzene rings is 1. The first-order chi connectivity index (χ1) is 8.99. The predicted molar refractivity (Wildman–Crippen MR) is 71.5 cm³/mol. The summed E-state index contributed by atoms with van der Waals surface area (Å²) in [7, 11) is 0. The van der Waals surface area contributed by atoms with Gasteiger partial charge in [0, 0.05) is 12.1 Å². The summed E-state index contributed by atoms with van der Waals surface area (Å²) in [5.74, 6) is 0.0392. The Morgan fingerprint density at radius 1 is 1.53 bits per heavy atom. The molecule has 0 fully saturated rings. The van der Waals surface area contributed by atoms with Gasteiger partial charge in [-0.3, -0.25) is 10.1 Å². The minimum Gasteiger partial charge on any atom is -0.467 e. The van der Waals surface area contributed by atoms with E-state index < -0.39 is 10.7 Å². The second-order valence-electron chi connectivity index (χ2n) is 3.92. The number of halogens is 2. The van der Waals surface area contributed by atoms with Crippen LogP contribution < -0.4 is 5.32 Å². The minimum atomic E-state index is -0.570. The molecule has 0 bridgehead atoms. The normalized spacial score (nSPS) is 12.2. The maximum Gasteiger partial charge on any atom is 0.293 e. The molecule has 7 heteroatoms. The van der Waals surface area contributed by atoms with Gasteiger partial charge in [-0.15, -0.1) is 0 Å². The van der Waals surface area contributed by atoms with Gasteiger partial charge in [0.25, 0.3) is 5.69 Å². The molecule has 1 unspecified atom stereocenters. The van der Waals surface area contributed by atoms with Crippen molar-refractivity contribution in [3.8, 4) is 0 Å². The number of anilines is 1. The molecule has 1 atom stereocenters. The molecule has 1 aromatic heterocycles. The first-order valence-electron chi connectivity index (χ1n) is 5.42. The zero-order valence-electron chi connectivity index (χ0n) is 9.89. The van der Waals surface area contributed by atoms with E-state index >= 15 is 0 Å². The van der Waals surface area contributed by atoms with E-state index in [-0.39, 0.29) is 21.9 Å². The van der Waals surface area contributed by atoms with Gasteiger partial charge in [-0.1, -0.05) is 0 Å². The average Bonchev–Trinajstić information content (AvgIpc) is 2.86. The fraction of sp³-hybridized carbons (Fsp3) is 0.167. The second-order valence-corrected chi connectivity index (χ2v) is 4.78. The van der Waals surface area contributed by atoms with Crippen molar-refractivity contribution < 1.29 is 13.7 Å².